The van der Waals surface area contributed by atoms with Crippen molar-refractivity contribution in [3.8, 4) is 17.9 Å². The lowest BCUT2D eigenvalue weighted by atomic mass is 10.1. The first-order valence-electron chi connectivity index (χ1n) is 6.84. The van der Waals surface area contributed by atoms with Gasteiger partial charge in [0.25, 0.3) is 0 Å². The molecule has 0 unspecified atom stereocenters. The van der Waals surface area contributed by atoms with E-state index in [1.165, 1.54) is 11.8 Å². The predicted octanol–water partition coefficient (Wildman–Crippen LogP) is 1.92. The molecule has 6 heteroatoms. The van der Waals surface area contributed by atoms with Crippen LogP contribution >= 0.6 is 0 Å². The van der Waals surface area contributed by atoms with Crippen LogP contribution in [0, 0.1) is 22.7 Å². The van der Waals surface area contributed by atoms with Gasteiger partial charge < -0.3 is 9.64 Å². The molecular weight excluding hydrogens is 282 g/mol. The van der Waals surface area contributed by atoms with Gasteiger partial charge in [0.15, 0.2) is 5.78 Å². The van der Waals surface area contributed by atoms with Gasteiger partial charge in [-0.15, -0.1) is 0 Å². The van der Waals surface area contributed by atoms with E-state index in [1.54, 1.807) is 24.3 Å². The highest BCUT2D eigenvalue weighted by molar-refractivity contribution is 5.94. The number of benzene rings is 1. The van der Waals surface area contributed by atoms with Crippen molar-refractivity contribution in [3.63, 3.8) is 0 Å². The van der Waals surface area contributed by atoms with E-state index in [2.05, 4.69) is 0 Å². The van der Waals surface area contributed by atoms with Gasteiger partial charge in [0.05, 0.1) is 18.7 Å². The van der Waals surface area contributed by atoms with Crippen LogP contribution < -0.4 is 4.74 Å². The molecule has 1 amide bonds. The van der Waals surface area contributed by atoms with Crippen molar-refractivity contribution in [1.82, 2.24) is 4.90 Å². The molecule has 1 aromatic carbocycles. The van der Waals surface area contributed by atoms with Gasteiger partial charge in [-0.2, -0.15) is 10.5 Å². The number of hydrogen-bond acceptors (Lipinski definition) is 5. The Bertz CT molecular complexity index is 598. The molecule has 0 aromatic heterocycles. The highest BCUT2D eigenvalue weighted by Gasteiger charge is 2.12. The third-order valence-electron chi connectivity index (χ3n) is 2.92. The molecule has 0 saturated heterocycles. The molecular formula is C16H17N3O3. The van der Waals surface area contributed by atoms with Crippen molar-refractivity contribution in [2.45, 2.75) is 19.8 Å². The van der Waals surface area contributed by atoms with Crippen LogP contribution in [0.15, 0.2) is 24.3 Å². The zero-order valence-electron chi connectivity index (χ0n) is 12.4. The standard InChI is InChI=1S/C16H17N3O3/c1-13(20)14-4-2-5-15(12-14)22-11-3-6-16(21)19(9-7-17)10-8-18/h2,4-5,12H,3,6,9-11H2,1H3. The maximum atomic E-state index is 11.8. The number of nitriles is 2. The first kappa shape index (κ1) is 17.2. The summed E-state index contributed by atoms with van der Waals surface area (Å²) in [6.45, 7) is 1.62. The number of carbonyl (C=O) groups excluding carboxylic acids is 2. The second-order valence-electron chi connectivity index (χ2n) is 4.60. The summed E-state index contributed by atoms with van der Waals surface area (Å²) in [7, 11) is 0. The Kier molecular flexibility index (Phi) is 7.15. The third-order valence-corrected chi connectivity index (χ3v) is 2.92. The van der Waals surface area contributed by atoms with Crippen LogP contribution in [-0.2, 0) is 4.79 Å². The molecule has 0 saturated carbocycles. The second kappa shape index (κ2) is 9.15. The van der Waals surface area contributed by atoms with Gasteiger partial charge in [0.1, 0.15) is 18.8 Å². The SMILES string of the molecule is CC(=O)c1cccc(OCCCC(=O)N(CC#N)CC#N)c1. The first-order chi connectivity index (χ1) is 10.6. The van der Waals surface area contributed by atoms with E-state index in [1.807, 2.05) is 12.1 Å². The van der Waals surface area contributed by atoms with Gasteiger partial charge in [-0.3, -0.25) is 9.59 Å². The zero-order chi connectivity index (χ0) is 16.4. The van der Waals surface area contributed by atoms with Crippen LogP contribution in [0.3, 0.4) is 0 Å². The molecule has 0 aliphatic rings. The van der Waals surface area contributed by atoms with Gasteiger partial charge in [0, 0.05) is 12.0 Å². The summed E-state index contributed by atoms with van der Waals surface area (Å²) in [5.74, 6) is 0.291. The van der Waals surface area contributed by atoms with Gasteiger partial charge >= 0.3 is 0 Å². The molecule has 0 aliphatic carbocycles. The van der Waals surface area contributed by atoms with Gasteiger partial charge in [-0.05, 0) is 25.5 Å². The van der Waals surface area contributed by atoms with Crippen molar-refractivity contribution < 1.29 is 14.3 Å². The molecule has 0 radical (unpaired) electrons. The summed E-state index contributed by atoms with van der Waals surface area (Å²) in [4.78, 5) is 24.3. The number of hydrogen-bond donors (Lipinski definition) is 0. The van der Waals surface area contributed by atoms with E-state index in [0.29, 0.717) is 24.3 Å². The monoisotopic (exact) mass is 299 g/mol. The number of nitrogens with zero attached hydrogens (tertiary/aromatic N) is 3. The Morgan fingerprint density at radius 2 is 1.91 bits per heavy atom. The maximum absolute atomic E-state index is 11.8. The minimum Gasteiger partial charge on any atom is -0.494 e. The average molecular weight is 299 g/mol. The number of ether oxygens (including phenoxy) is 1. The molecule has 1 aromatic rings. The molecule has 1 rings (SSSR count). The Balaban J connectivity index is 2.40. The van der Waals surface area contributed by atoms with E-state index in [4.69, 9.17) is 15.3 Å². The van der Waals surface area contributed by atoms with Crippen molar-refractivity contribution >= 4 is 11.7 Å². The van der Waals surface area contributed by atoms with Crippen LogP contribution in [-0.4, -0.2) is 36.3 Å². The quantitative estimate of drug-likeness (QED) is 0.415. The lowest BCUT2D eigenvalue weighted by molar-refractivity contribution is -0.130. The minimum absolute atomic E-state index is 0.0377. The Labute approximate surface area is 129 Å². The van der Waals surface area contributed by atoms with Gasteiger partial charge in [0.2, 0.25) is 5.91 Å². The Morgan fingerprint density at radius 3 is 2.50 bits per heavy atom. The molecule has 22 heavy (non-hydrogen) atoms. The van der Waals surface area contributed by atoms with Crippen molar-refractivity contribution in [2.75, 3.05) is 19.7 Å². The molecule has 0 spiro atoms. The fourth-order valence-electron chi connectivity index (χ4n) is 1.78. The van der Waals surface area contributed by atoms with E-state index >= 15 is 0 Å². The van der Waals surface area contributed by atoms with E-state index in [9.17, 15) is 9.59 Å². The predicted molar refractivity (Wildman–Crippen MR) is 79.0 cm³/mol. The van der Waals surface area contributed by atoms with Gasteiger partial charge in [-0.1, -0.05) is 12.1 Å². The highest BCUT2D eigenvalue weighted by Crippen LogP contribution is 2.14. The molecule has 0 aliphatic heterocycles. The second-order valence-corrected chi connectivity index (χ2v) is 4.60. The van der Waals surface area contributed by atoms with Crippen LogP contribution in [0.4, 0.5) is 0 Å². The fourth-order valence-corrected chi connectivity index (χ4v) is 1.78. The molecule has 0 fully saturated rings. The number of carbonyl (C=O) groups is 2. The summed E-state index contributed by atoms with van der Waals surface area (Å²) in [6, 6.07) is 10.6. The topological polar surface area (TPSA) is 94.2 Å². The lowest BCUT2D eigenvalue weighted by Crippen LogP contribution is -2.31. The average Bonchev–Trinajstić information content (AvgIpc) is 2.51. The summed E-state index contributed by atoms with van der Waals surface area (Å²) in [5, 5.41) is 17.2. The molecule has 0 heterocycles. The van der Waals surface area contributed by atoms with Crippen LogP contribution in [0.1, 0.15) is 30.1 Å². The summed E-state index contributed by atoms with van der Waals surface area (Å²) in [5.41, 5.74) is 0.572. The smallest absolute Gasteiger partial charge is 0.224 e. The molecule has 114 valence electrons. The van der Waals surface area contributed by atoms with Crippen LogP contribution in [0.5, 0.6) is 5.75 Å². The first-order valence-corrected chi connectivity index (χ1v) is 6.84. The minimum atomic E-state index is -0.246. The van der Waals surface area contributed by atoms with E-state index in [0.717, 1.165) is 0 Å². The van der Waals surface area contributed by atoms with Crippen LogP contribution in [0.2, 0.25) is 0 Å². The Hall–Kier alpha value is -2.86. The molecule has 0 atom stereocenters. The third kappa shape index (κ3) is 5.64. The van der Waals surface area contributed by atoms with Crippen molar-refractivity contribution in [1.29, 1.82) is 10.5 Å². The molecule has 0 bridgehead atoms. The van der Waals surface area contributed by atoms with Crippen LogP contribution in [0.25, 0.3) is 0 Å². The van der Waals surface area contributed by atoms with E-state index in [-0.39, 0.29) is 31.2 Å². The normalized spacial score (nSPS) is 9.41. The summed E-state index contributed by atoms with van der Waals surface area (Å²) < 4.78 is 5.49. The number of amides is 1. The molecule has 0 N–H and O–H groups in total. The molecule has 6 nitrogen and oxygen atoms in total. The van der Waals surface area contributed by atoms with E-state index < -0.39 is 0 Å². The summed E-state index contributed by atoms with van der Waals surface area (Å²) >= 11 is 0. The summed E-state index contributed by atoms with van der Waals surface area (Å²) in [6.07, 6.45) is 0.673. The largest absolute Gasteiger partial charge is 0.494 e. The lowest BCUT2D eigenvalue weighted by Gasteiger charge is -2.15. The maximum Gasteiger partial charge on any atom is 0.224 e. The zero-order valence-corrected chi connectivity index (χ0v) is 12.4. The highest BCUT2D eigenvalue weighted by atomic mass is 16.5. The Morgan fingerprint density at radius 1 is 1.23 bits per heavy atom. The number of ketones is 1. The van der Waals surface area contributed by atoms with Gasteiger partial charge in [-0.25, -0.2) is 0 Å². The number of Topliss-reactive ketones (excluding diaryl/α,β-unsaturated/α-hetero) is 1. The fraction of sp³-hybridized carbons (Fsp3) is 0.375. The van der Waals surface area contributed by atoms with Crippen molar-refractivity contribution in [2.24, 2.45) is 0 Å². The number of rotatable bonds is 8. The van der Waals surface area contributed by atoms with Crippen molar-refractivity contribution in [3.05, 3.63) is 29.8 Å².